The van der Waals surface area contributed by atoms with Crippen LogP contribution in [-0.4, -0.2) is 16.5 Å². The Morgan fingerprint density at radius 2 is 1.80 bits per heavy atom. The number of nitrogens with one attached hydrogen (secondary N) is 2. The normalized spacial score (nSPS) is 10.5. The van der Waals surface area contributed by atoms with Gasteiger partial charge in [0.2, 0.25) is 5.95 Å². The first-order valence-corrected chi connectivity index (χ1v) is 8.37. The van der Waals surface area contributed by atoms with E-state index in [2.05, 4.69) is 32.7 Å². The van der Waals surface area contributed by atoms with Gasteiger partial charge >= 0.3 is 0 Å². The van der Waals surface area contributed by atoms with E-state index in [4.69, 9.17) is 11.6 Å². The van der Waals surface area contributed by atoms with Crippen molar-refractivity contribution in [3.8, 4) is 0 Å². The first-order chi connectivity index (χ1) is 12.2. The minimum atomic E-state index is -0.419. The van der Waals surface area contributed by atoms with Crippen LogP contribution in [0.15, 0.2) is 60.8 Å². The summed E-state index contributed by atoms with van der Waals surface area (Å²) in [5, 5.41) is 6.52. The largest absolute Gasteiger partial charge is 0.366 e. The number of anilines is 2. The van der Waals surface area contributed by atoms with Gasteiger partial charge in [-0.25, -0.2) is 9.37 Å². The summed E-state index contributed by atoms with van der Waals surface area (Å²) < 4.78 is 13.2. The predicted octanol–water partition coefficient (Wildman–Crippen LogP) is 4.54. The van der Waals surface area contributed by atoms with Gasteiger partial charge < -0.3 is 10.6 Å². The molecule has 0 aliphatic rings. The lowest BCUT2D eigenvalue weighted by atomic mass is 10.1. The van der Waals surface area contributed by atoms with Crippen molar-refractivity contribution in [2.45, 2.75) is 13.0 Å². The van der Waals surface area contributed by atoms with Crippen molar-refractivity contribution in [2.75, 3.05) is 17.2 Å². The second kappa shape index (κ2) is 8.44. The zero-order valence-corrected chi connectivity index (χ0v) is 14.3. The Morgan fingerprint density at radius 1 is 0.960 bits per heavy atom. The van der Waals surface area contributed by atoms with E-state index in [-0.39, 0.29) is 5.02 Å². The number of rotatable bonds is 7. The molecule has 1 aromatic heterocycles. The maximum atomic E-state index is 13.2. The molecule has 0 unspecified atom stereocenters. The molecule has 0 amide bonds. The van der Waals surface area contributed by atoms with E-state index in [1.165, 1.54) is 11.6 Å². The van der Waals surface area contributed by atoms with Crippen LogP contribution >= 0.6 is 11.6 Å². The van der Waals surface area contributed by atoms with Crippen LogP contribution in [0.1, 0.15) is 11.1 Å². The van der Waals surface area contributed by atoms with Gasteiger partial charge in [0.05, 0.1) is 5.02 Å². The number of halogens is 2. The highest BCUT2D eigenvalue weighted by Gasteiger charge is 2.03. The van der Waals surface area contributed by atoms with E-state index in [9.17, 15) is 4.39 Å². The standard InChI is InChI=1S/C19H18ClFN4/c20-16-12-15(6-7-17(16)21)13-24-18-9-11-23-19(25-18)22-10-8-14-4-2-1-3-5-14/h1-7,9,11-12H,8,10,13H2,(H2,22,23,24,25). The van der Waals surface area contributed by atoms with Gasteiger partial charge in [-0.05, 0) is 35.7 Å². The maximum absolute atomic E-state index is 13.2. The van der Waals surface area contributed by atoms with Crippen LogP contribution in [0, 0.1) is 5.82 Å². The zero-order chi connectivity index (χ0) is 17.5. The van der Waals surface area contributed by atoms with Crippen LogP contribution in [0.4, 0.5) is 16.2 Å². The lowest BCUT2D eigenvalue weighted by Gasteiger charge is -2.09. The topological polar surface area (TPSA) is 49.8 Å². The van der Waals surface area contributed by atoms with Crippen molar-refractivity contribution in [1.82, 2.24) is 9.97 Å². The number of nitrogens with zero attached hydrogens (tertiary/aromatic N) is 2. The van der Waals surface area contributed by atoms with E-state index < -0.39 is 5.82 Å². The Morgan fingerprint density at radius 3 is 2.60 bits per heavy atom. The number of hydrogen-bond donors (Lipinski definition) is 2. The fourth-order valence-electron chi connectivity index (χ4n) is 2.35. The molecule has 0 bridgehead atoms. The molecule has 0 fully saturated rings. The predicted molar refractivity (Wildman–Crippen MR) is 99.4 cm³/mol. The van der Waals surface area contributed by atoms with E-state index in [1.54, 1.807) is 24.4 Å². The van der Waals surface area contributed by atoms with Crippen molar-refractivity contribution in [2.24, 2.45) is 0 Å². The van der Waals surface area contributed by atoms with Gasteiger partial charge in [0.1, 0.15) is 11.6 Å². The van der Waals surface area contributed by atoms with E-state index in [0.717, 1.165) is 18.5 Å². The van der Waals surface area contributed by atoms with Crippen LogP contribution < -0.4 is 10.6 Å². The molecule has 0 saturated heterocycles. The molecular weight excluding hydrogens is 339 g/mol. The van der Waals surface area contributed by atoms with Crippen LogP contribution in [-0.2, 0) is 13.0 Å². The SMILES string of the molecule is Fc1ccc(CNc2ccnc(NCCc3ccccc3)n2)cc1Cl. The molecular formula is C19H18ClFN4. The average Bonchev–Trinajstić information content (AvgIpc) is 2.64. The second-order valence-corrected chi connectivity index (χ2v) is 5.94. The van der Waals surface area contributed by atoms with Gasteiger partial charge in [0.15, 0.2) is 0 Å². The lowest BCUT2D eigenvalue weighted by molar-refractivity contribution is 0.627. The molecule has 0 saturated carbocycles. The fraction of sp³-hybridized carbons (Fsp3) is 0.158. The summed E-state index contributed by atoms with van der Waals surface area (Å²) >= 11 is 5.79. The Hall–Kier alpha value is -2.66. The van der Waals surface area contributed by atoms with E-state index in [1.807, 2.05) is 18.2 Å². The number of hydrogen-bond acceptors (Lipinski definition) is 4. The average molecular weight is 357 g/mol. The monoisotopic (exact) mass is 356 g/mol. The highest BCUT2D eigenvalue weighted by atomic mass is 35.5. The van der Waals surface area contributed by atoms with Crippen molar-refractivity contribution < 1.29 is 4.39 Å². The van der Waals surface area contributed by atoms with Crippen LogP contribution in [0.25, 0.3) is 0 Å². The first-order valence-electron chi connectivity index (χ1n) is 7.99. The molecule has 0 atom stereocenters. The molecule has 4 nitrogen and oxygen atoms in total. The summed E-state index contributed by atoms with van der Waals surface area (Å²) in [6.45, 7) is 1.25. The van der Waals surface area contributed by atoms with Gasteiger partial charge in [-0.1, -0.05) is 48.0 Å². The molecule has 6 heteroatoms. The third-order valence-electron chi connectivity index (χ3n) is 3.65. The zero-order valence-electron chi connectivity index (χ0n) is 13.5. The number of benzene rings is 2. The molecule has 0 aliphatic carbocycles. The van der Waals surface area contributed by atoms with Crippen molar-refractivity contribution in [3.63, 3.8) is 0 Å². The summed E-state index contributed by atoms with van der Waals surface area (Å²) in [5.41, 5.74) is 2.14. The van der Waals surface area contributed by atoms with Crippen LogP contribution in [0.5, 0.6) is 0 Å². The summed E-state index contributed by atoms with van der Waals surface area (Å²) in [4.78, 5) is 8.64. The molecule has 0 radical (unpaired) electrons. The minimum Gasteiger partial charge on any atom is -0.366 e. The summed E-state index contributed by atoms with van der Waals surface area (Å²) in [5.74, 6) is 0.841. The molecule has 0 aliphatic heterocycles. The number of aromatic nitrogens is 2. The van der Waals surface area contributed by atoms with E-state index in [0.29, 0.717) is 18.3 Å². The highest BCUT2D eigenvalue weighted by molar-refractivity contribution is 6.30. The molecule has 0 spiro atoms. The molecule has 3 rings (SSSR count). The Balaban J connectivity index is 1.53. The maximum Gasteiger partial charge on any atom is 0.224 e. The Bertz CT molecular complexity index is 827. The quantitative estimate of drug-likeness (QED) is 0.652. The highest BCUT2D eigenvalue weighted by Crippen LogP contribution is 2.17. The molecule has 128 valence electrons. The molecule has 2 aromatic carbocycles. The van der Waals surface area contributed by atoms with Crippen LogP contribution in [0.2, 0.25) is 5.02 Å². The van der Waals surface area contributed by atoms with Crippen molar-refractivity contribution >= 4 is 23.4 Å². The van der Waals surface area contributed by atoms with E-state index >= 15 is 0 Å². The first kappa shape index (κ1) is 17.2. The summed E-state index contributed by atoms with van der Waals surface area (Å²) in [7, 11) is 0. The van der Waals surface area contributed by atoms with Gasteiger partial charge in [-0.2, -0.15) is 4.98 Å². The lowest BCUT2D eigenvalue weighted by Crippen LogP contribution is -2.09. The molecule has 25 heavy (non-hydrogen) atoms. The molecule has 1 heterocycles. The molecule has 2 N–H and O–H groups in total. The van der Waals surface area contributed by atoms with Crippen LogP contribution in [0.3, 0.4) is 0 Å². The molecule has 3 aromatic rings. The Labute approximate surface area is 151 Å². The third kappa shape index (κ3) is 5.16. The smallest absolute Gasteiger partial charge is 0.224 e. The third-order valence-corrected chi connectivity index (χ3v) is 3.94. The van der Waals surface area contributed by atoms with Gasteiger partial charge in [0.25, 0.3) is 0 Å². The second-order valence-electron chi connectivity index (χ2n) is 5.53. The summed E-state index contributed by atoms with van der Waals surface area (Å²) in [6.07, 6.45) is 2.59. The minimum absolute atomic E-state index is 0.116. The van der Waals surface area contributed by atoms with Crippen molar-refractivity contribution in [1.29, 1.82) is 0 Å². The van der Waals surface area contributed by atoms with Crippen molar-refractivity contribution in [3.05, 3.63) is 82.8 Å². The van der Waals surface area contributed by atoms with Gasteiger partial charge in [-0.3, -0.25) is 0 Å². The van der Waals surface area contributed by atoms with Gasteiger partial charge in [0, 0.05) is 19.3 Å². The summed E-state index contributed by atoms with van der Waals surface area (Å²) in [6, 6.07) is 16.7. The fourth-order valence-corrected chi connectivity index (χ4v) is 2.55. The Kier molecular flexibility index (Phi) is 5.80. The van der Waals surface area contributed by atoms with Gasteiger partial charge in [-0.15, -0.1) is 0 Å².